The Hall–Kier alpha value is -3.90. The Morgan fingerprint density at radius 3 is 2.04 bits per heavy atom. The standard InChI is InChI=1S/C21H13F2N3O/c1-13-7-9-15(10-8-13)27-21-19(23)17(12-25)16(11-24)18(22)20(21)26-14-5-3-2-4-6-14/h2-10,26H,1H3. The normalized spacial score (nSPS) is 9.96. The third kappa shape index (κ3) is 3.56. The molecule has 0 aliphatic rings. The number of rotatable bonds is 4. The number of halogens is 2. The van der Waals surface area contributed by atoms with Crippen molar-refractivity contribution >= 4 is 11.4 Å². The van der Waals surface area contributed by atoms with Crippen molar-refractivity contribution in [3.05, 3.63) is 82.9 Å². The van der Waals surface area contributed by atoms with Crippen LogP contribution in [0.1, 0.15) is 16.7 Å². The van der Waals surface area contributed by atoms with Gasteiger partial charge in [0.1, 0.15) is 34.7 Å². The number of anilines is 2. The number of nitrogens with zero attached hydrogens (tertiary/aromatic N) is 2. The molecule has 0 fully saturated rings. The fourth-order valence-corrected chi connectivity index (χ4v) is 2.47. The van der Waals surface area contributed by atoms with Crippen molar-refractivity contribution in [1.82, 2.24) is 0 Å². The molecule has 1 N–H and O–H groups in total. The lowest BCUT2D eigenvalue weighted by Gasteiger charge is -2.17. The SMILES string of the molecule is Cc1ccc(Oc2c(F)c(C#N)c(C#N)c(F)c2Nc2ccccc2)cc1. The molecule has 0 atom stereocenters. The zero-order valence-corrected chi connectivity index (χ0v) is 14.3. The van der Waals surface area contributed by atoms with E-state index in [1.165, 1.54) is 6.07 Å². The first-order valence-corrected chi connectivity index (χ1v) is 7.97. The summed E-state index contributed by atoms with van der Waals surface area (Å²) in [6, 6.07) is 18.3. The van der Waals surface area contributed by atoms with Gasteiger partial charge in [-0.3, -0.25) is 0 Å². The highest BCUT2D eigenvalue weighted by molar-refractivity contribution is 5.73. The Bertz CT molecular complexity index is 1070. The van der Waals surface area contributed by atoms with Crippen LogP contribution in [-0.4, -0.2) is 0 Å². The molecule has 0 bridgehead atoms. The van der Waals surface area contributed by atoms with Crippen LogP contribution in [0.25, 0.3) is 0 Å². The predicted octanol–water partition coefficient (Wildman–Crippen LogP) is 5.55. The van der Waals surface area contributed by atoms with E-state index in [1.807, 2.05) is 6.92 Å². The molecule has 4 nitrogen and oxygen atoms in total. The van der Waals surface area contributed by atoms with Crippen LogP contribution in [0.3, 0.4) is 0 Å². The number of ether oxygens (including phenoxy) is 1. The van der Waals surface area contributed by atoms with E-state index in [4.69, 9.17) is 4.74 Å². The molecule has 3 rings (SSSR count). The van der Waals surface area contributed by atoms with Crippen LogP contribution in [0.5, 0.6) is 11.5 Å². The van der Waals surface area contributed by atoms with E-state index in [0.717, 1.165) is 5.56 Å². The van der Waals surface area contributed by atoms with Crippen molar-refractivity contribution in [3.8, 4) is 23.6 Å². The van der Waals surface area contributed by atoms with Gasteiger partial charge in [-0.2, -0.15) is 10.5 Å². The van der Waals surface area contributed by atoms with Crippen LogP contribution in [0.4, 0.5) is 20.2 Å². The Labute approximate surface area is 154 Å². The van der Waals surface area contributed by atoms with Gasteiger partial charge >= 0.3 is 0 Å². The summed E-state index contributed by atoms with van der Waals surface area (Å²) in [4.78, 5) is 0. The van der Waals surface area contributed by atoms with Crippen molar-refractivity contribution in [2.75, 3.05) is 5.32 Å². The second kappa shape index (κ2) is 7.55. The molecule has 27 heavy (non-hydrogen) atoms. The average Bonchev–Trinajstić information content (AvgIpc) is 2.69. The molecule has 0 amide bonds. The molecule has 0 saturated carbocycles. The largest absolute Gasteiger partial charge is 0.452 e. The van der Waals surface area contributed by atoms with Gasteiger partial charge in [-0.1, -0.05) is 35.9 Å². The Morgan fingerprint density at radius 1 is 0.852 bits per heavy atom. The quantitative estimate of drug-likeness (QED) is 0.661. The molecule has 0 spiro atoms. The summed E-state index contributed by atoms with van der Waals surface area (Å²) in [5.41, 5.74) is -0.289. The van der Waals surface area contributed by atoms with Gasteiger partial charge in [0.2, 0.25) is 0 Å². The van der Waals surface area contributed by atoms with Crippen molar-refractivity contribution in [1.29, 1.82) is 10.5 Å². The van der Waals surface area contributed by atoms with Crippen LogP contribution < -0.4 is 10.1 Å². The third-order valence-corrected chi connectivity index (χ3v) is 3.84. The molecule has 0 aliphatic carbocycles. The van der Waals surface area contributed by atoms with Gasteiger partial charge < -0.3 is 10.1 Å². The summed E-state index contributed by atoms with van der Waals surface area (Å²) < 4.78 is 35.4. The van der Waals surface area contributed by atoms with Crippen molar-refractivity contribution in [3.63, 3.8) is 0 Å². The van der Waals surface area contributed by atoms with Crippen LogP contribution in [0.2, 0.25) is 0 Å². The van der Waals surface area contributed by atoms with Gasteiger partial charge in [0, 0.05) is 5.69 Å². The number of para-hydroxylation sites is 1. The van der Waals surface area contributed by atoms with E-state index in [1.54, 1.807) is 60.7 Å². The van der Waals surface area contributed by atoms with Crippen LogP contribution >= 0.6 is 0 Å². The van der Waals surface area contributed by atoms with E-state index >= 15 is 0 Å². The smallest absolute Gasteiger partial charge is 0.190 e. The first kappa shape index (κ1) is 17.9. The van der Waals surface area contributed by atoms with Crippen molar-refractivity contribution in [2.24, 2.45) is 0 Å². The van der Waals surface area contributed by atoms with Gasteiger partial charge in [0.15, 0.2) is 17.4 Å². The van der Waals surface area contributed by atoms with Gasteiger partial charge in [0.05, 0.1) is 0 Å². The first-order valence-electron chi connectivity index (χ1n) is 7.97. The minimum Gasteiger partial charge on any atom is -0.452 e. The molecule has 0 heterocycles. The van der Waals surface area contributed by atoms with E-state index in [9.17, 15) is 19.3 Å². The predicted molar refractivity (Wildman–Crippen MR) is 96.8 cm³/mol. The third-order valence-electron chi connectivity index (χ3n) is 3.84. The number of hydrogen-bond acceptors (Lipinski definition) is 4. The monoisotopic (exact) mass is 361 g/mol. The van der Waals surface area contributed by atoms with Gasteiger partial charge in [0.25, 0.3) is 0 Å². The highest BCUT2D eigenvalue weighted by atomic mass is 19.1. The molecule has 0 saturated heterocycles. The molecule has 0 aliphatic heterocycles. The average molecular weight is 361 g/mol. The van der Waals surface area contributed by atoms with Gasteiger partial charge in [-0.05, 0) is 31.2 Å². The van der Waals surface area contributed by atoms with Crippen molar-refractivity contribution in [2.45, 2.75) is 6.92 Å². The molecular weight excluding hydrogens is 348 g/mol. The Kier molecular flexibility index (Phi) is 5.01. The maximum Gasteiger partial charge on any atom is 0.190 e. The second-order valence-electron chi connectivity index (χ2n) is 5.71. The van der Waals surface area contributed by atoms with E-state index in [0.29, 0.717) is 5.69 Å². The summed E-state index contributed by atoms with van der Waals surface area (Å²) in [5, 5.41) is 21.1. The molecule has 0 unspecified atom stereocenters. The molecule has 0 radical (unpaired) electrons. The lowest BCUT2D eigenvalue weighted by atomic mass is 10.1. The number of aryl methyl sites for hydroxylation is 1. The summed E-state index contributed by atoms with van der Waals surface area (Å²) >= 11 is 0. The number of nitrogens with one attached hydrogen (secondary N) is 1. The molecule has 3 aromatic rings. The molecular formula is C21H13F2N3O. The zero-order chi connectivity index (χ0) is 19.4. The maximum atomic E-state index is 14.9. The molecule has 3 aromatic carbocycles. The molecule has 0 aromatic heterocycles. The second-order valence-corrected chi connectivity index (χ2v) is 5.71. The summed E-state index contributed by atoms with van der Waals surface area (Å²) in [6.07, 6.45) is 0. The van der Waals surface area contributed by atoms with Crippen LogP contribution in [0.15, 0.2) is 54.6 Å². The van der Waals surface area contributed by atoms with Crippen molar-refractivity contribution < 1.29 is 13.5 Å². The fourth-order valence-electron chi connectivity index (χ4n) is 2.47. The molecule has 132 valence electrons. The summed E-state index contributed by atoms with van der Waals surface area (Å²) in [6.45, 7) is 1.88. The highest BCUT2D eigenvalue weighted by Gasteiger charge is 2.27. The fraction of sp³-hybridized carbons (Fsp3) is 0.0476. The molecule has 6 heteroatoms. The number of hydrogen-bond donors (Lipinski definition) is 1. The van der Waals surface area contributed by atoms with Gasteiger partial charge in [-0.15, -0.1) is 0 Å². The summed E-state index contributed by atoms with van der Waals surface area (Å²) in [5.74, 6) is -2.38. The lowest BCUT2D eigenvalue weighted by molar-refractivity contribution is 0.438. The topological polar surface area (TPSA) is 68.8 Å². The Morgan fingerprint density at radius 2 is 1.44 bits per heavy atom. The maximum absolute atomic E-state index is 14.9. The Balaban J connectivity index is 2.19. The number of benzene rings is 3. The van der Waals surface area contributed by atoms with Gasteiger partial charge in [-0.25, -0.2) is 8.78 Å². The minimum atomic E-state index is -1.10. The lowest BCUT2D eigenvalue weighted by Crippen LogP contribution is -2.06. The zero-order valence-electron chi connectivity index (χ0n) is 14.3. The van der Waals surface area contributed by atoms with Crippen LogP contribution in [0, 0.1) is 41.2 Å². The first-order chi connectivity index (χ1) is 13.0. The minimum absolute atomic E-state index is 0.267. The van der Waals surface area contributed by atoms with E-state index < -0.39 is 28.5 Å². The van der Waals surface area contributed by atoms with Crippen LogP contribution in [-0.2, 0) is 0 Å². The highest BCUT2D eigenvalue weighted by Crippen LogP contribution is 2.40. The summed E-state index contributed by atoms with van der Waals surface area (Å²) in [7, 11) is 0. The van der Waals surface area contributed by atoms with E-state index in [2.05, 4.69) is 5.32 Å². The van der Waals surface area contributed by atoms with E-state index in [-0.39, 0.29) is 11.4 Å². The number of nitriles is 2.